The molecule has 0 aromatic rings. The molecule has 0 amide bonds. The molecular weight excluding hydrogens is 1210 g/mol. The van der Waals surface area contributed by atoms with Gasteiger partial charge in [0, 0.05) is 62.2 Å². The molecule has 26 nitrogen and oxygen atoms in total. The molecule has 16 N–H and O–H groups in total. The summed E-state index contributed by atoms with van der Waals surface area (Å²) in [6.07, 6.45) is -20.1. The number of carbonyl (C=O) groups excluding carboxylic acids is 1. The maximum atomic E-state index is 13.1. The zero-order valence-corrected chi connectivity index (χ0v) is 52.6. The highest BCUT2D eigenvalue weighted by Crippen LogP contribution is 2.56. The van der Waals surface area contributed by atoms with E-state index in [4.69, 9.17) is 42.6 Å². The van der Waals surface area contributed by atoms with E-state index in [0.717, 1.165) is 0 Å². The minimum atomic E-state index is -1.83. The van der Waals surface area contributed by atoms with Crippen LogP contribution in [0.25, 0.3) is 0 Å². The van der Waals surface area contributed by atoms with Crippen molar-refractivity contribution >= 4 is 5.97 Å². The summed E-state index contributed by atoms with van der Waals surface area (Å²) in [5.74, 6) is -7.67. The summed E-state index contributed by atoms with van der Waals surface area (Å²) in [5.41, 5.74) is 0. The van der Waals surface area contributed by atoms with E-state index in [1.54, 1.807) is 18.2 Å². The van der Waals surface area contributed by atoms with Crippen molar-refractivity contribution in [3.63, 3.8) is 0 Å². The number of rotatable bonds is 14. The molecule has 12 fully saturated rings. The van der Waals surface area contributed by atoms with Crippen LogP contribution in [0.15, 0.2) is 24.3 Å². The Morgan fingerprint density at radius 2 is 1.02 bits per heavy atom. The van der Waals surface area contributed by atoms with Gasteiger partial charge in [0.25, 0.3) is 0 Å². The quantitative estimate of drug-likeness (QED) is 0.0486. The van der Waals surface area contributed by atoms with E-state index in [1.807, 2.05) is 0 Å². The van der Waals surface area contributed by atoms with Crippen LogP contribution in [-0.4, -0.2) is 286 Å². The van der Waals surface area contributed by atoms with Crippen molar-refractivity contribution in [2.45, 2.75) is 293 Å². The highest BCUT2D eigenvalue weighted by atomic mass is 16.7. The second kappa shape index (κ2) is 29.4. The zero-order chi connectivity index (χ0) is 65.3. The number of ether oxygens (including phenoxy) is 9. The average molecular weight is 1310 g/mol. The van der Waals surface area contributed by atoms with Gasteiger partial charge in [0.2, 0.25) is 0 Å². The van der Waals surface area contributed by atoms with E-state index in [1.165, 1.54) is 20.3 Å². The van der Waals surface area contributed by atoms with E-state index >= 15 is 0 Å². The van der Waals surface area contributed by atoms with E-state index in [-0.39, 0.29) is 89.1 Å². The Hall–Kier alpha value is -2.01. The molecule has 12 rings (SSSR count). The molecule has 92 heavy (non-hydrogen) atoms. The van der Waals surface area contributed by atoms with Crippen LogP contribution >= 0.6 is 0 Å². The molecule has 27 unspecified atom stereocenters. The molecule has 5 aliphatic heterocycles. The molecule has 26 heteroatoms. The number of methoxy groups -OCH3 is 2. The molecule has 5 heterocycles. The van der Waals surface area contributed by atoms with E-state index in [9.17, 15) is 86.5 Å². The first-order valence-corrected chi connectivity index (χ1v) is 34.4. The van der Waals surface area contributed by atoms with Gasteiger partial charge in [-0.3, -0.25) is 0 Å². The van der Waals surface area contributed by atoms with Crippen LogP contribution in [0, 0.1) is 65.1 Å². The molecule has 7 aliphatic carbocycles. The molecule has 7 saturated carbocycles. The minimum Gasteiger partial charge on any atom is -0.460 e. The molecule has 0 bridgehead atoms. The third-order valence-corrected chi connectivity index (χ3v) is 24.4. The average Bonchev–Trinajstić information content (AvgIpc) is 0.729. The van der Waals surface area contributed by atoms with Crippen molar-refractivity contribution in [1.82, 2.24) is 0 Å². The highest BCUT2D eigenvalue weighted by Gasteiger charge is 2.64. The van der Waals surface area contributed by atoms with Crippen molar-refractivity contribution in [3.8, 4) is 0 Å². The van der Waals surface area contributed by atoms with E-state index < -0.39 is 243 Å². The van der Waals surface area contributed by atoms with Crippen LogP contribution in [0.1, 0.15) is 116 Å². The van der Waals surface area contributed by atoms with Crippen molar-refractivity contribution < 1.29 is 129 Å². The van der Waals surface area contributed by atoms with Gasteiger partial charge < -0.3 is 124 Å². The normalized spacial score (nSPS) is 55.1. The highest BCUT2D eigenvalue weighted by molar-refractivity contribution is 5.81. The second-order valence-electron chi connectivity index (χ2n) is 29.8. The monoisotopic (exact) mass is 1310 g/mol. The Labute approximate surface area is 536 Å². The van der Waals surface area contributed by atoms with Crippen molar-refractivity contribution in [2.75, 3.05) is 20.8 Å². The fraction of sp³-hybridized carbons (Fsp3) is 0.924. The molecule has 0 aromatic heterocycles. The first-order valence-electron chi connectivity index (χ1n) is 34.4. The largest absolute Gasteiger partial charge is 0.460 e. The number of carbonyl (C=O) groups is 1. The van der Waals surface area contributed by atoms with E-state index in [0.29, 0.717) is 38.5 Å². The van der Waals surface area contributed by atoms with Crippen molar-refractivity contribution in [1.29, 1.82) is 0 Å². The smallest absolute Gasteiger partial charge is 0.330 e. The third kappa shape index (κ3) is 14.1. The SMILES string of the molecule is COC1CC(C2OC3CC(O)CC4OC(C=CC5C(O)CC(O)C6C5O[C@@H](C5CCC(O)C(O)C5)[C@H](O)C6C5C(O)CC(O)C6C[C@H](O)[C@@H](C7CCC(O)C(O)C7)OC65)CC(C2O[C@@H]2O[C@H](COC(=O)C=CC5CCC(O)CC5)[C@@H](O)[C@H](O)[C@H]2O)C43)CC(OC)C1O. The van der Waals surface area contributed by atoms with Gasteiger partial charge in [0.1, 0.15) is 37.1 Å². The lowest BCUT2D eigenvalue weighted by Gasteiger charge is -2.60. The molecule has 12 aliphatic rings. The second-order valence-corrected chi connectivity index (χ2v) is 29.8. The van der Waals surface area contributed by atoms with Gasteiger partial charge in [0.05, 0.1) is 140 Å². The number of hydrogen-bond donors (Lipinski definition) is 16. The van der Waals surface area contributed by atoms with Crippen molar-refractivity contribution in [2.24, 2.45) is 65.1 Å². The number of esters is 1. The number of allylic oxidation sites excluding steroid dienone is 1. The molecule has 0 spiro atoms. The topological polar surface area (TPSA) is 424 Å². The Morgan fingerprint density at radius 3 is 1.66 bits per heavy atom. The Kier molecular flexibility index (Phi) is 22.4. The van der Waals surface area contributed by atoms with Crippen LogP contribution in [-0.2, 0) is 47.4 Å². The first-order chi connectivity index (χ1) is 44.0. The summed E-state index contributed by atoms with van der Waals surface area (Å²) in [5, 5.41) is 184. The number of aliphatic hydroxyl groups is 16. The van der Waals surface area contributed by atoms with Crippen molar-refractivity contribution in [3.05, 3.63) is 24.3 Å². The van der Waals surface area contributed by atoms with Gasteiger partial charge in [-0.25, -0.2) is 4.79 Å². The summed E-state index contributed by atoms with van der Waals surface area (Å²) in [6, 6.07) is 0. The van der Waals surface area contributed by atoms with Crippen LogP contribution in [0.2, 0.25) is 0 Å². The maximum Gasteiger partial charge on any atom is 0.330 e. The lowest BCUT2D eigenvalue weighted by molar-refractivity contribution is -0.351. The summed E-state index contributed by atoms with van der Waals surface area (Å²) in [6.45, 7) is -0.521. The van der Waals surface area contributed by atoms with Gasteiger partial charge in [-0.15, -0.1) is 0 Å². The van der Waals surface area contributed by atoms with Gasteiger partial charge in [0.15, 0.2) is 6.29 Å². The van der Waals surface area contributed by atoms with Crippen LogP contribution < -0.4 is 0 Å². The number of aliphatic hydroxyl groups excluding tert-OH is 16. The summed E-state index contributed by atoms with van der Waals surface area (Å²) in [7, 11) is 2.97. The minimum absolute atomic E-state index is 0.0413. The predicted octanol–water partition coefficient (Wildman–Crippen LogP) is -2.48. The van der Waals surface area contributed by atoms with Crippen LogP contribution in [0.3, 0.4) is 0 Å². The van der Waals surface area contributed by atoms with Gasteiger partial charge in [-0.05, 0) is 139 Å². The van der Waals surface area contributed by atoms with Gasteiger partial charge in [-0.2, -0.15) is 0 Å². The molecule has 0 aromatic carbocycles. The van der Waals surface area contributed by atoms with Gasteiger partial charge in [-0.1, -0.05) is 18.2 Å². The standard InChI is InChI=1S/C66H104O26/c1-84-47-17-29(18-48(85-2)55(47)79)62-65(92-66-59(83)58(82)56(80)49(89-66)25-86-50(78)14-5-26-3-8-30(67)9-4-26)35-21-32(87-45-19-31(68)20-46(88-62)51(35)45)10-11-33-38(71)23-42(75)52-54(57(81)61(91-63(33)52)28-7-13-37(70)41(74)16-28)53-43(76)24-39(72)34-22-44(77)60(90-64(34)53)27-6-12-36(69)40(73)15-27/h5,10-11,14,26-49,51-77,79-83H,3-4,6-9,12-13,15-25H2,1-2H3/t26?,27?,28?,29?,30?,31?,32?,33?,34?,35?,36?,37?,38?,39?,40?,41?,42?,43?,44-,45?,46?,47?,48?,49+,51?,52?,53?,54?,55?,56+,57+,58-,59+,60+,61-,62?,63?,64?,65?,66-/m0/s1. The van der Waals surface area contributed by atoms with Gasteiger partial charge >= 0.3 is 5.97 Å². The van der Waals surface area contributed by atoms with E-state index in [2.05, 4.69) is 0 Å². The predicted molar refractivity (Wildman–Crippen MR) is 317 cm³/mol. The van der Waals surface area contributed by atoms with Crippen LogP contribution in [0.5, 0.6) is 0 Å². The molecule has 524 valence electrons. The Balaban J connectivity index is 0.853. The zero-order valence-electron chi connectivity index (χ0n) is 52.6. The first kappa shape index (κ1) is 69.9. The number of hydrogen-bond acceptors (Lipinski definition) is 26. The fourth-order valence-corrected chi connectivity index (χ4v) is 19.6. The Bertz CT molecular complexity index is 2460. The van der Waals surface area contributed by atoms with Crippen LogP contribution in [0.4, 0.5) is 0 Å². The Morgan fingerprint density at radius 1 is 0.413 bits per heavy atom. The molecule has 36 atom stereocenters. The lowest BCUT2D eigenvalue weighted by atomic mass is 9.56. The summed E-state index contributed by atoms with van der Waals surface area (Å²) < 4.78 is 58.4. The number of fused-ring (bicyclic) bond motifs is 2. The molecule has 5 saturated heterocycles. The third-order valence-electron chi connectivity index (χ3n) is 24.4. The lowest BCUT2D eigenvalue weighted by Crippen LogP contribution is -2.69. The maximum absolute atomic E-state index is 13.1. The fourth-order valence-electron chi connectivity index (χ4n) is 19.6. The summed E-state index contributed by atoms with van der Waals surface area (Å²) in [4.78, 5) is 13.1. The molecule has 0 radical (unpaired) electrons. The molecular formula is C66H104O26. The summed E-state index contributed by atoms with van der Waals surface area (Å²) >= 11 is 0.